The van der Waals surface area contributed by atoms with Crippen LogP contribution in [0, 0.1) is 13.8 Å². The van der Waals surface area contributed by atoms with Crippen molar-refractivity contribution in [3.05, 3.63) is 47.4 Å². The summed E-state index contributed by atoms with van der Waals surface area (Å²) in [6.07, 6.45) is 4.82. The quantitative estimate of drug-likeness (QED) is 0.763. The highest BCUT2D eigenvalue weighted by molar-refractivity contribution is 5.62. The van der Waals surface area contributed by atoms with Crippen LogP contribution < -0.4 is 0 Å². The Morgan fingerprint density at radius 1 is 1.12 bits per heavy atom. The van der Waals surface area contributed by atoms with Crippen LogP contribution >= 0.6 is 0 Å². The highest BCUT2D eigenvalue weighted by Crippen LogP contribution is 2.21. The summed E-state index contributed by atoms with van der Waals surface area (Å²) in [5.74, 6) is 0. The smallest absolute Gasteiger partial charge is 0.0732 e. The van der Waals surface area contributed by atoms with Crippen LogP contribution in [-0.4, -0.2) is 9.97 Å². The molecule has 82 valence electrons. The fraction of sp³-hybridized carbons (Fsp3) is 0.286. The molecule has 0 aliphatic rings. The minimum atomic E-state index is 1.03. The largest absolute Gasteiger partial charge is 0.262 e. The van der Waals surface area contributed by atoms with Gasteiger partial charge in [0.15, 0.2) is 0 Å². The van der Waals surface area contributed by atoms with Crippen LogP contribution in [0.4, 0.5) is 0 Å². The van der Waals surface area contributed by atoms with Gasteiger partial charge >= 0.3 is 0 Å². The molecule has 0 spiro atoms. The number of aryl methyl sites for hydroxylation is 3. The molecule has 0 bridgehead atoms. The lowest BCUT2D eigenvalue weighted by molar-refractivity contribution is 1.09. The van der Waals surface area contributed by atoms with Gasteiger partial charge in [0.05, 0.1) is 5.69 Å². The number of hydrogen-bond donors (Lipinski definition) is 0. The van der Waals surface area contributed by atoms with Crippen molar-refractivity contribution in [3.63, 3.8) is 0 Å². The van der Waals surface area contributed by atoms with E-state index in [1.54, 1.807) is 0 Å². The number of aromatic nitrogens is 2. The molecule has 0 saturated heterocycles. The third kappa shape index (κ3) is 2.11. The van der Waals surface area contributed by atoms with Gasteiger partial charge in [0.2, 0.25) is 0 Å². The van der Waals surface area contributed by atoms with E-state index in [2.05, 4.69) is 35.9 Å². The maximum atomic E-state index is 4.53. The summed E-state index contributed by atoms with van der Waals surface area (Å²) < 4.78 is 0. The summed E-state index contributed by atoms with van der Waals surface area (Å²) in [7, 11) is 0. The second-order valence-corrected chi connectivity index (χ2v) is 4.05. The standard InChI is InChI=1S/C14H16N2/c1-4-12-7-10(2)14(16-9-12)13-5-6-15-11(3)8-13/h5-9H,4H2,1-3H3. The molecule has 2 nitrogen and oxygen atoms in total. The Bertz CT molecular complexity index is 504. The van der Waals surface area contributed by atoms with Crippen LogP contribution in [0.2, 0.25) is 0 Å². The highest BCUT2D eigenvalue weighted by Gasteiger charge is 2.04. The summed E-state index contributed by atoms with van der Waals surface area (Å²) >= 11 is 0. The summed E-state index contributed by atoms with van der Waals surface area (Å²) in [6, 6.07) is 6.28. The molecular weight excluding hydrogens is 196 g/mol. The zero-order chi connectivity index (χ0) is 11.5. The molecule has 2 rings (SSSR count). The van der Waals surface area contributed by atoms with Gasteiger partial charge in [-0.25, -0.2) is 0 Å². The maximum Gasteiger partial charge on any atom is 0.0732 e. The number of nitrogens with zero attached hydrogens (tertiary/aromatic N) is 2. The molecule has 0 aromatic carbocycles. The minimum Gasteiger partial charge on any atom is -0.262 e. The zero-order valence-electron chi connectivity index (χ0n) is 9.99. The Labute approximate surface area is 96.4 Å². The molecule has 0 saturated carbocycles. The number of rotatable bonds is 2. The third-order valence-corrected chi connectivity index (χ3v) is 2.71. The lowest BCUT2D eigenvalue weighted by atomic mass is 10.0. The Morgan fingerprint density at radius 3 is 2.56 bits per heavy atom. The van der Waals surface area contributed by atoms with E-state index in [1.807, 2.05) is 25.4 Å². The molecule has 0 aliphatic carbocycles. The van der Waals surface area contributed by atoms with Crippen molar-refractivity contribution in [1.82, 2.24) is 9.97 Å². The Morgan fingerprint density at radius 2 is 1.94 bits per heavy atom. The molecule has 2 aromatic rings. The second-order valence-electron chi connectivity index (χ2n) is 4.05. The van der Waals surface area contributed by atoms with Crippen LogP contribution in [0.25, 0.3) is 11.3 Å². The fourth-order valence-electron chi connectivity index (χ4n) is 1.82. The van der Waals surface area contributed by atoms with Crippen LogP contribution in [0.5, 0.6) is 0 Å². The van der Waals surface area contributed by atoms with Gasteiger partial charge in [-0.15, -0.1) is 0 Å². The van der Waals surface area contributed by atoms with E-state index in [4.69, 9.17) is 0 Å². The van der Waals surface area contributed by atoms with Crippen molar-refractivity contribution in [1.29, 1.82) is 0 Å². The molecule has 2 heterocycles. The van der Waals surface area contributed by atoms with Crippen LogP contribution in [0.3, 0.4) is 0 Å². The topological polar surface area (TPSA) is 25.8 Å². The van der Waals surface area contributed by atoms with Crippen molar-refractivity contribution < 1.29 is 0 Å². The molecular formula is C14H16N2. The van der Waals surface area contributed by atoms with Gasteiger partial charge in [-0.05, 0) is 43.5 Å². The molecule has 0 N–H and O–H groups in total. The molecule has 0 radical (unpaired) electrons. The first-order valence-electron chi connectivity index (χ1n) is 5.59. The van der Waals surface area contributed by atoms with E-state index >= 15 is 0 Å². The van der Waals surface area contributed by atoms with Gasteiger partial charge in [0.1, 0.15) is 0 Å². The maximum absolute atomic E-state index is 4.53. The van der Waals surface area contributed by atoms with Crippen molar-refractivity contribution in [2.45, 2.75) is 27.2 Å². The van der Waals surface area contributed by atoms with Crippen molar-refractivity contribution in [2.75, 3.05) is 0 Å². The van der Waals surface area contributed by atoms with Crippen molar-refractivity contribution >= 4 is 0 Å². The lowest BCUT2D eigenvalue weighted by Gasteiger charge is -2.07. The number of pyridine rings is 2. The molecule has 2 heteroatoms. The molecule has 2 aromatic heterocycles. The molecule has 16 heavy (non-hydrogen) atoms. The van der Waals surface area contributed by atoms with Gasteiger partial charge < -0.3 is 0 Å². The van der Waals surface area contributed by atoms with Crippen molar-refractivity contribution in [3.8, 4) is 11.3 Å². The highest BCUT2D eigenvalue weighted by atomic mass is 14.7. The van der Waals surface area contributed by atoms with E-state index in [0.717, 1.165) is 23.4 Å². The Kier molecular flexibility index (Phi) is 3.00. The molecule has 0 atom stereocenters. The number of hydrogen-bond acceptors (Lipinski definition) is 2. The average Bonchev–Trinajstić information content (AvgIpc) is 2.28. The van der Waals surface area contributed by atoms with E-state index in [-0.39, 0.29) is 0 Å². The first kappa shape index (κ1) is 10.8. The average molecular weight is 212 g/mol. The molecule has 0 amide bonds. The van der Waals surface area contributed by atoms with Gasteiger partial charge in [0.25, 0.3) is 0 Å². The Hall–Kier alpha value is -1.70. The minimum absolute atomic E-state index is 1.03. The van der Waals surface area contributed by atoms with Gasteiger partial charge in [-0.2, -0.15) is 0 Å². The predicted molar refractivity (Wildman–Crippen MR) is 66.3 cm³/mol. The van der Waals surface area contributed by atoms with Gasteiger partial charge in [-0.3, -0.25) is 9.97 Å². The van der Waals surface area contributed by atoms with Crippen LogP contribution in [0.15, 0.2) is 30.6 Å². The van der Waals surface area contributed by atoms with Gasteiger partial charge in [0, 0.05) is 23.7 Å². The molecule has 0 unspecified atom stereocenters. The van der Waals surface area contributed by atoms with E-state index in [9.17, 15) is 0 Å². The van der Waals surface area contributed by atoms with E-state index in [1.165, 1.54) is 11.1 Å². The lowest BCUT2D eigenvalue weighted by Crippen LogP contribution is -1.92. The summed E-state index contributed by atoms with van der Waals surface area (Å²) in [6.45, 7) is 6.25. The first-order valence-corrected chi connectivity index (χ1v) is 5.59. The predicted octanol–water partition coefficient (Wildman–Crippen LogP) is 3.32. The van der Waals surface area contributed by atoms with E-state index < -0.39 is 0 Å². The SMILES string of the molecule is CCc1cnc(-c2ccnc(C)c2)c(C)c1. The van der Waals surface area contributed by atoms with Gasteiger partial charge in [-0.1, -0.05) is 13.0 Å². The second kappa shape index (κ2) is 4.44. The zero-order valence-corrected chi connectivity index (χ0v) is 9.99. The van der Waals surface area contributed by atoms with Crippen LogP contribution in [0.1, 0.15) is 23.7 Å². The monoisotopic (exact) mass is 212 g/mol. The summed E-state index contributed by atoms with van der Waals surface area (Å²) in [5.41, 5.74) is 5.74. The van der Waals surface area contributed by atoms with E-state index in [0.29, 0.717) is 0 Å². The first-order chi connectivity index (χ1) is 7.70. The van der Waals surface area contributed by atoms with Crippen molar-refractivity contribution in [2.24, 2.45) is 0 Å². The Balaban J connectivity index is 2.48. The molecule has 0 fully saturated rings. The molecule has 0 aliphatic heterocycles. The fourth-order valence-corrected chi connectivity index (χ4v) is 1.82. The third-order valence-electron chi connectivity index (χ3n) is 2.71. The normalized spacial score (nSPS) is 10.4. The summed E-state index contributed by atoms with van der Waals surface area (Å²) in [4.78, 5) is 8.73. The summed E-state index contributed by atoms with van der Waals surface area (Å²) in [5, 5.41) is 0. The van der Waals surface area contributed by atoms with Crippen LogP contribution in [-0.2, 0) is 6.42 Å².